The van der Waals surface area contributed by atoms with Gasteiger partial charge in [-0.3, -0.25) is 0 Å². The van der Waals surface area contributed by atoms with Gasteiger partial charge in [-0.25, -0.2) is 4.79 Å². The average Bonchev–Trinajstić information content (AvgIpc) is 2.51. The van der Waals surface area contributed by atoms with Crippen molar-refractivity contribution >= 4 is 6.03 Å². The van der Waals surface area contributed by atoms with Gasteiger partial charge >= 0.3 is 6.03 Å². The fraction of sp³-hybridized carbons (Fsp3) is 0.938. The van der Waals surface area contributed by atoms with Gasteiger partial charge in [0.05, 0.1) is 19.2 Å². The van der Waals surface area contributed by atoms with Crippen LogP contribution in [0.15, 0.2) is 0 Å². The lowest BCUT2D eigenvalue weighted by Crippen LogP contribution is -2.68. The highest BCUT2D eigenvalue weighted by atomic mass is 16.5. The molecule has 3 aliphatic heterocycles. The summed E-state index contributed by atoms with van der Waals surface area (Å²) < 4.78 is 17.5. The van der Waals surface area contributed by atoms with Gasteiger partial charge in [-0.2, -0.15) is 0 Å². The molecule has 0 saturated carbocycles. The van der Waals surface area contributed by atoms with Crippen molar-refractivity contribution in [3.8, 4) is 0 Å². The maximum atomic E-state index is 11.9. The molecule has 0 unspecified atom stereocenters. The molecule has 0 aliphatic carbocycles. The van der Waals surface area contributed by atoms with Crippen LogP contribution in [0.2, 0.25) is 0 Å². The number of carbonyl (C=O) groups excluding carboxylic acids is 1. The first-order chi connectivity index (χ1) is 10.6. The largest absolute Gasteiger partial charge is 0.381 e. The Labute approximate surface area is 132 Å². The van der Waals surface area contributed by atoms with Crippen LogP contribution >= 0.6 is 0 Å². The van der Waals surface area contributed by atoms with E-state index in [4.69, 9.17) is 14.2 Å². The van der Waals surface area contributed by atoms with Gasteiger partial charge < -0.3 is 24.0 Å². The van der Waals surface area contributed by atoms with Crippen LogP contribution in [0.1, 0.15) is 25.7 Å². The molecule has 6 heteroatoms. The fourth-order valence-electron chi connectivity index (χ4n) is 3.60. The highest BCUT2D eigenvalue weighted by molar-refractivity contribution is 5.75. The van der Waals surface area contributed by atoms with Gasteiger partial charge in [0, 0.05) is 46.9 Å². The summed E-state index contributed by atoms with van der Waals surface area (Å²) in [6, 6.07) is 0.0690. The number of amides is 2. The molecule has 0 bridgehead atoms. The second-order valence-corrected chi connectivity index (χ2v) is 7.07. The van der Waals surface area contributed by atoms with Gasteiger partial charge in [-0.05, 0) is 25.2 Å². The lowest BCUT2D eigenvalue weighted by Gasteiger charge is -2.53. The van der Waals surface area contributed by atoms with Crippen LogP contribution in [0.5, 0.6) is 0 Å². The minimum atomic E-state index is -0.162. The molecular formula is C16H28N2O4. The Morgan fingerprint density at radius 1 is 1.23 bits per heavy atom. The molecular weight excluding hydrogens is 284 g/mol. The number of urea groups is 1. The van der Waals surface area contributed by atoms with Crippen LogP contribution in [-0.4, -0.2) is 81.1 Å². The zero-order valence-corrected chi connectivity index (χ0v) is 13.8. The van der Waals surface area contributed by atoms with Crippen molar-refractivity contribution in [1.29, 1.82) is 0 Å². The summed E-state index contributed by atoms with van der Waals surface area (Å²) >= 11 is 0. The van der Waals surface area contributed by atoms with Crippen LogP contribution in [0.25, 0.3) is 0 Å². The summed E-state index contributed by atoms with van der Waals surface area (Å²) in [6.07, 6.45) is 4.37. The number of hydrogen-bond acceptors (Lipinski definition) is 4. The number of carbonyl (C=O) groups is 1. The predicted octanol–water partition coefficient (Wildman–Crippen LogP) is 1.34. The highest BCUT2D eigenvalue weighted by Gasteiger charge is 2.50. The number of nitrogens with zero attached hydrogens (tertiary/aromatic N) is 2. The summed E-state index contributed by atoms with van der Waals surface area (Å²) in [7, 11) is 3.57. The van der Waals surface area contributed by atoms with Gasteiger partial charge in [0.2, 0.25) is 0 Å². The Balaban J connectivity index is 1.43. The van der Waals surface area contributed by atoms with Crippen molar-refractivity contribution in [2.45, 2.75) is 37.4 Å². The zero-order chi connectivity index (χ0) is 15.6. The minimum absolute atomic E-state index is 0.0690. The Kier molecular flexibility index (Phi) is 4.90. The molecule has 0 aromatic rings. The van der Waals surface area contributed by atoms with Crippen LogP contribution in [0.3, 0.4) is 0 Å². The number of ether oxygens (including phenoxy) is 3. The van der Waals surface area contributed by atoms with Crippen molar-refractivity contribution in [2.75, 3.05) is 53.6 Å². The second-order valence-electron chi connectivity index (χ2n) is 7.07. The van der Waals surface area contributed by atoms with E-state index in [0.29, 0.717) is 19.0 Å². The molecule has 1 spiro atoms. The van der Waals surface area contributed by atoms with Gasteiger partial charge in [0.15, 0.2) is 0 Å². The summed E-state index contributed by atoms with van der Waals surface area (Å²) in [5, 5.41) is 0. The van der Waals surface area contributed by atoms with Crippen LogP contribution in [-0.2, 0) is 14.2 Å². The molecule has 3 saturated heterocycles. The van der Waals surface area contributed by atoms with E-state index in [1.54, 1.807) is 19.0 Å². The van der Waals surface area contributed by atoms with E-state index in [2.05, 4.69) is 0 Å². The molecule has 3 fully saturated rings. The van der Waals surface area contributed by atoms with Crippen molar-refractivity contribution in [3.05, 3.63) is 0 Å². The Bertz CT molecular complexity index is 390. The molecule has 0 radical (unpaired) electrons. The van der Waals surface area contributed by atoms with Crippen molar-refractivity contribution in [1.82, 2.24) is 9.80 Å². The first-order valence-corrected chi connectivity index (χ1v) is 8.37. The van der Waals surface area contributed by atoms with E-state index in [-0.39, 0.29) is 17.7 Å². The van der Waals surface area contributed by atoms with Crippen molar-refractivity contribution in [3.63, 3.8) is 0 Å². The Morgan fingerprint density at radius 2 is 1.95 bits per heavy atom. The molecule has 2 amide bonds. The number of hydrogen-bond donors (Lipinski definition) is 0. The van der Waals surface area contributed by atoms with Gasteiger partial charge in [-0.15, -0.1) is 0 Å². The standard InChI is InChI=1S/C16H28N2O4/c1-17(2)15(19)18-11-16(12-18)9-14(5-8-22-16)21-10-13-3-6-20-7-4-13/h13-14H,3-12H2,1-2H3/t14-/m0/s1. The molecule has 3 aliphatic rings. The number of likely N-dealkylation sites (tertiary alicyclic amines) is 1. The van der Waals surface area contributed by atoms with E-state index in [0.717, 1.165) is 52.1 Å². The van der Waals surface area contributed by atoms with Gasteiger partial charge in [0.25, 0.3) is 0 Å². The third-order valence-corrected chi connectivity index (χ3v) is 4.97. The molecule has 3 heterocycles. The molecule has 1 atom stereocenters. The van der Waals surface area contributed by atoms with Crippen LogP contribution < -0.4 is 0 Å². The smallest absolute Gasteiger partial charge is 0.319 e. The summed E-state index contributed by atoms with van der Waals surface area (Å²) in [6.45, 7) is 4.70. The molecule has 3 rings (SSSR count). The fourth-order valence-corrected chi connectivity index (χ4v) is 3.60. The second kappa shape index (κ2) is 6.72. The van der Waals surface area contributed by atoms with E-state index in [1.165, 1.54) is 0 Å². The highest BCUT2D eigenvalue weighted by Crippen LogP contribution is 2.36. The SMILES string of the molecule is CN(C)C(=O)N1CC2(C[C@@H](OCC3CCOCC3)CCO2)C1. The summed E-state index contributed by atoms with van der Waals surface area (Å²) in [5.74, 6) is 0.640. The molecule has 0 aromatic carbocycles. The van der Waals surface area contributed by atoms with Crippen molar-refractivity contribution in [2.24, 2.45) is 5.92 Å². The number of rotatable bonds is 3. The maximum Gasteiger partial charge on any atom is 0.319 e. The van der Waals surface area contributed by atoms with E-state index in [1.807, 2.05) is 4.90 Å². The first kappa shape index (κ1) is 16.0. The quantitative estimate of drug-likeness (QED) is 0.789. The van der Waals surface area contributed by atoms with Gasteiger partial charge in [-0.1, -0.05) is 0 Å². The summed E-state index contributed by atoms with van der Waals surface area (Å²) in [4.78, 5) is 15.4. The van der Waals surface area contributed by atoms with E-state index < -0.39 is 0 Å². The van der Waals surface area contributed by atoms with Crippen LogP contribution in [0, 0.1) is 5.92 Å². The Morgan fingerprint density at radius 3 is 2.64 bits per heavy atom. The molecule has 0 N–H and O–H groups in total. The monoisotopic (exact) mass is 312 g/mol. The van der Waals surface area contributed by atoms with E-state index in [9.17, 15) is 4.79 Å². The summed E-state index contributed by atoms with van der Waals surface area (Å²) in [5.41, 5.74) is -0.162. The molecule has 126 valence electrons. The lowest BCUT2D eigenvalue weighted by atomic mass is 9.85. The molecule has 0 aromatic heterocycles. The Hall–Kier alpha value is -0.850. The van der Waals surface area contributed by atoms with Crippen molar-refractivity contribution < 1.29 is 19.0 Å². The first-order valence-electron chi connectivity index (χ1n) is 8.37. The maximum absolute atomic E-state index is 11.9. The van der Waals surface area contributed by atoms with E-state index >= 15 is 0 Å². The predicted molar refractivity (Wildman–Crippen MR) is 81.9 cm³/mol. The minimum Gasteiger partial charge on any atom is -0.381 e. The third kappa shape index (κ3) is 3.55. The molecule has 22 heavy (non-hydrogen) atoms. The third-order valence-electron chi connectivity index (χ3n) is 4.97. The topological polar surface area (TPSA) is 51.2 Å². The normalized spacial score (nSPS) is 28.5. The average molecular weight is 312 g/mol. The molecule has 6 nitrogen and oxygen atoms in total. The van der Waals surface area contributed by atoms with Gasteiger partial charge in [0.1, 0.15) is 5.60 Å². The van der Waals surface area contributed by atoms with Crippen LogP contribution in [0.4, 0.5) is 4.79 Å². The zero-order valence-electron chi connectivity index (χ0n) is 13.8. The lowest BCUT2D eigenvalue weighted by molar-refractivity contribution is -0.189.